The van der Waals surface area contributed by atoms with Crippen molar-refractivity contribution in [1.29, 1.82) is 0 Å². The molecule has 0 fully saturated rings. The van der Waals surface area contributed by atoms with Gasteiger partial charge in [0, 0.05) is 13.0 Å². The maximum Gasteiger partial charge on any atom is 0.245 e. The van der Waals surface area contributed by atoms with Gasteiger partial charge >= 0.3 is 0 Å². The van der Waals surface area contributed by atoms with Gasteiger partial charge in [0.05, 0.1) is 6.42 Å². The molecule has 10 heavy (non-hydrogen) atoms. The van der Waals surface area contributed by atoms with E-state index in [1.165, 1.54) is 0 Å². The highest BCUT2D eigenvalue weighted by molar-refractivity contribution is 5.96. The van der Waals surface area contributed by atoms with E-state index in [1.54, 1.807) is 0 Å². The summed E-state index contributed by atoms with van der Waals surface area (Å²) in [6.07, 6.45) is 0.257. The van der Waals surface area contributed by atoms with Gasteiger partial charge in [-0.1, -0.05) is 0 Å². The molecule has 0 aliphatic carbocycles. The molecule has 0 bridgehead atoms. The van der Waals surface area contributed by atoms with E-state index in [-0.39, 0.29) is 25.2 Å². The van der Waals surface area contributed by atoms with E-state index in [1.807, 2.05) is 0 Å². The highest BCUT2D eigenvalue weighted by atomic mass is 16.3. The van der Waals surface area contributed by atoms with Crippen LogP contribution in [0.2, 0.25) is 0 Å². The number of aliphatic hydroxyl groups is 1. The predicted octanol–water partition coefficient (Wildman–Crippen LogP) is -0.472. The molecule has 57 valence electrons. The number of hydrogen-bond donors (Lipinski definition) is 1. The summed E-state index contributed by atoms with van der Waals surface area (Å²) in [5, 5.41) is 8.27. The van der Waals surface area contributed by atoms with Crippen molar-refractivity contribution in [3.63, 3.8) is 0 Å². The van der Waals surface area contributed by atoms with Crippen molar-refractivity contribution in [2.45, 2.75) is 19.3 Å². The smallest absolute Gasteiger partial charge is 0.245 e. The van der Waals surface area contributed by atoms with E-state index in [0.717, 1.165) is 0 Å². The average Bonchev–Trinajstić information content (AvgIpc) is 1.82. The maximum atomic E-state index is 10.6. The molecule has 1 amide bonds. The van der Waals surface area contributed by atoms with E-state index in [0.29, 0.717) is 6.42 Å². The van der Waals surface area contributed by atoms with Crippen molar-refractivity contribution < 1.29 is 14.7 Å². The summed E-state index contributed by atoms with van der Waals surface area (Å²) in [4.78, 5) is 20.6. The first-order valence-corrected chi connectivity index (χ1v) is 3.04. The number of nitrogens with one attached hydrogen (secondary N) is 1. The van der Waals surface area contributed by atoms with E-state index < -0.39 is 5.91 Å². The second-order valence-corrected chi connectivity index (χ2v) is 1.97. The van der Waals surface area contributed by atoms with Gasteiger partial charge in [-0.3, -0.25) is 15.3 Å². The Morgan fingerprint density at radius 2 is 2.00 bits per heavy atom. The number of amides is 1. The molecule has 0 atom stereocenters. The number of Topliss-reactive ketones (excluding diaryl/α,β-unsaturated/α-hetero) is 1. The number of ketones is 1. The van der Waals surface area contributed by atoms with Crippen LogP contribution >= 0.6 is 0 Å². The Kier molecular flexibility index (Phi) is 4.49. The minimum absolute atomic E-state index is 0.0437. The summed E-state index contributed by atoms with van der Waals surface area (Å²) >= 11 is 0. The first kappa shape index (κ1) is 9.10. The SMILES string of the molecule is [NH]C(=O)CC(=O)CCCO. The molecule has 0 saturated heterocycles. The molecule has 0 aromatic carbocycles. The zero-order chi connectivity index (χ0) is 7.98. The van der Waals surface area contributed by atoms with E-state index in [2.05, 4.69) is 0 Å². The van der Waals surface area contributed by atoms with E-state index in [9.17, 15) is 9.59 Å². The quantitative estimate of drug-likeness (QED) is 0.529. The normalized spacial score (nSPS) is 9.30. The maximum absolute atomic E-state index is 10.6. The largest absolute Gasteiger partial charge is 0.396 e. The molecule has 2 N–H and O–H groups in total. The van der Waals surface area contributed by atoms with Crippen molar-refractivity contribution in [3.05, 3.63) is 0 Å². The van der Waals surface area contributed by atoms with Crippen LogP contribution in [0.5, 0.6) is 0 Å². The van der Waals surface area contributed by atoms with Crippen LogP contribution in [-0.2, 0) is 9.59 Å². The number of hydrogen-bond acceptors (Lipinski definition) is 3. The van der Waals surface area contributed by atoms with Crippen LogP contribution in [0.15, 0.2) is 0 Å². The minimum Gasteiger partial charge on any atom is -0.396 e. The zero-order valence-corrected chi connectivity index (χ0v) is 5.59. The number of carbonyl (C=O) groups is 2. The third-order valence-electron chi connectivity index (χ3n) is 0.971. The molecule has 0 heterocycles. The third kappa shape index (κ3) is 5.24. The van der Waals surface area contributed by atoms with Crippen LogP contribution < -0.4 is 5.73 Å². The fraction of sp³-hybridized carbons (Fsp3) is 0.667. The standard InChI is InChI=1S/C6H10NO3/c7-6(10)4-5(9)2-1-3-8/h7-8H,1-4H2. The minimum atomic E-state index is -0.858. The van der Waals surface area contributed by atoms with Crippen molar-refractivity contribution in [2.75, 3.05) is 6.61 Å². The van der Waals surface area contributed by atoms with Gasteiger partial charge in [-0.05, 0) is 6.42 Å². The molecule has 0 rings (SSSR count). The zero-order valence-electron chi connectivity index (χ0n) is 5.59. The molecular weight excluding hydrogens is 134 g/mol. The molecule has 0 spiro atoms. The number of carbonyl (C=O) groups excluding carboxylic acids is 2. The second kappa shape index (κ2) is 4.93. The Labute approximate surface area is 59.0 Å². The Hall–Kier alpha value is -0.900. The molecule has 1 radical (unpaired) electrons. The summed E-state index contributed by atoms with van der Waals surface area (Å²) in [6.45, 7) is -0.0437. The number of rotatable bonds is 5. The van der Waals surface area contributed by atoms with Crippen LogP contribution in [0.4, 0.5) is 0 Å². The molecule has 0 aliphatic heterocycles. The fourth-order valence-electron chi connectivity index (χ4n) is 0.544. The van der Waals surface area contributed by atoms with Gasteiger partial charge in [0.2, 0.25) is 5.91 Å². The van der Waals surface area contributed by atoms with Crippen LogP contribution in [0.25, 0.3) is 0 Å². The van der Waals surface area contributed by atoms with Gasteiger partial charge in [0.1, 0.15) is 5.78 Å². The summed E-state index contributed by atoms with van der Waals surface area (Å²) in [6, 6.07) is 0. The van der Waals surface area contributed by atoms with Gasteiger partial charge in [-0.2, -0.15) is 0 Å². The van der Waals surface area contributed by atoms with E-state index >= 15 is 0 Å². The van der Waals surface area contributed by atoms with Gasteiger partial charge in [-0.15, -0.1) is 0 Å². The van der Waals surface area contributed by atoms with Crippen LogP contribution in [0.1, 0.15) is 19.3 Å². The van der Waals surface area contributed by atoms with Gasteiger partial charge in [-0.25, -0.2) is 0 Å². The lowest BCUT2D eigenvalue weighted by molar-refractivity contribution is -0.126. The summed E-state index contributed by atoms with van der Waals surface area (Å²) in [5.41, 5.74) is 6.42. The lowest BCUT2D eigenvalue weighted by atomic mass is 10.2. The predicted molar refractivity (Wildman–Crippen MR) is 34.0 cm³/mol. The fourth-order valence-corrected chi connectivity index (χ4v) is 0.544. The Morgan fingerprint density at radius 3 is 2.40 bits per heavy atom. The first-order valence-electron chi connectivity index (χ1n) is 3.04. The Balaban J connectivity index is 3.35. The molecule has 0 unspecified atom stereocenters. The highest BCUT2D eigenvalue weighted by Gasteiger charge is 2.04. The summed E-state index contributed by atoms with van der Waals surface area (Å²) < 4.78 is 0. The average molecular weight is 144 g/mol. The van der Waals surface area contributed by atoms with Crippen LogP contribution in [0, 0.1) is 0 Å². The second-order valence-electron chi connectivity index (χ2n) is 1.97. The first-order chi connectivity index (χ1) is 4.66. The van der Waals surface area contributed by atoms with Crippen LogP contribution in [-0.4, -0.2) is 23.4 Å². The molecular formula is C6H10NO3. The molecule has 0 aliphatic rings. The Morgan fingerprint density at radius 1 is 1.40 bits per heavy atom. The number of aliphatic hydroxyl groups excluding tert-OH is 1. The molecule has 0 aromatic heterocycles. The molecule has 0 aromatic rings. The van der Waals surface area contributed by atoms with Crippen molar-refractivity contribution in [1.82, 2.24) is 5.73 Å². The third-order valence-corrected chi connectivity index (χ3v) is 0.971. The van der Waals surface area contributed by atoms with Gasteiger partial charge < -0.3 is 5.11 Å². The topological polar surface area (TPSA) is 78.2 Å². The molecule has 0 saturated carbocycles. The van der Waals surface area contributed by atoms with Gasteiger partial charge in [0.15, 0.2) is 0 Å². The molecule has 4 nitrogen and oxygen atoms in total. The highest BCUT2D eigenvalue weighted by Crippen LogP contribution is 1.93. The van der Waals surface area contributed by atoms with Gasteiger partial charge in [0.25, 0.3) is 0 Å². The molecule has 4 heteroatoms. The summed E-state index contributed by atoms with van der Waals surface area (Å²) in [7, 11) is 0. The monoisotopic (exact) mass is 144 g/mol. The summed E-state index contributed by atoms with van der Waals surface area (Å²) in [5.74, 6) is -1.13. The van der Waals surface area contributed by atoms with Crippen LogP contribution in [0.3, 0.4) is 0 Å². The lowest BCUT2D eigenvalue weighted by Crippen LogP contribution is -2.08. The van der Waals surface area contributed by atoms with Crippen molar-refractivity contribution in [2.24, 2.45) is 0 Å². The van der Waals surface area contributed by atoms with E-state index in [4.69, 9.17) is 10.8 Å². The Bertz CT molecular complexity index is 133. The van der Waals surface area contributed by atoms with Crippen molar-refractivity contribution >= 4 is 11.7 Å². The lowest BCUT2D eigenvalue weighted by Gasteiger charge is -1.92. The van der Waals surface area contributed by atoms with Crippen molar-refractivity contribution in [3.8, 4) is 0 Å².